The molecule has 0 saturated heterocycles. The molecule has 0 unspecified atom stereocenters. The second-order valence-corrected chi connectivity index (χ2v) is 2.73. The average molecular weight is 134 g/mol. The van der Waals surface area contributed by atoms with Gasteiger partial charge in [0, 0.05) is 19.3 Å². The van der Waals surface area contributed by atoms with Crippen LogP contribution in [-0.4, -0.2) is 13.6 Å². The maximum Gasteiger partial charge on any atom is 0.0623 e. The van der Waals surface area contributed by atoms with Crippen molar-refractivity contribution in [2.24, 2.45) is 0 Å². The highest BCUT2D eigenvalue weighted by molar-refractivity contribution is 5.56. The number of hydrogen-bond acceptors (Lipinski definition) is 1. The molecule has 0 spiro atoms. The second kappa shape index (κ2) is 2.01. The molecular formula is C9H11N. The van der Waals surface area contributed by atoms with Crippen molar-refractivity contribution in [2.75, 3.05) is 18.5 Å². The van der Waals surface area contributed by atoms with Crippen LogP contribution >= 0.6 is 0 Å². The number of benzene rings is 1. The lowest BCUT2D eigenvalue weighted by Gasteiger charge is -2.10. The molecular weight excluding hydrogens is 122 g/mol. The zero-order valence-corrected chi connectivity index (χ0v) is 6.09. The van der Waals surface area contributed by atoms with Crippen LogP contribution in [0.15, 0.2) is 24.2 Å². The summed E-state index contributed by atoms with van der Waals surface area (Å²) in [5.74, 6) is 0. The summed E-state index contributed by atoms with van der Waals surface area (Å²) in [6.45, 7) is 1.10. The van der Waals surface area contributed by atoms with Crippen LogP contribution in [-0.2, 0) is 6.42 Å². The second-order valence-electron chi connectivity index (χ2n) is 2.73. The Morgan fingerprint density at radius 3 is 3.40 bits per heavy atom. The van der Waals surface area contributed by atoms with Gasteiger partial charge in [0.15, 0.2) is 0 Å². The molecule has 2 rings (SSSR count). The van der Waals surface area contributed by atoms with Crippen molar-refractivity contribution in [1.29, 1.82) is 0 Å². The Morgan fingerprint density at radius 2 is 2.50 bits per heavy atom. The van der Waals surface area contributed by atoms with Crippen LogP contribution < -0.4 is 4.90 Å². The summed E-state index contributed by atoms with van der Waals surface area (Å²) in [5, 5.41) is 0. The van der Waals surface area contributed by atoms with Gasteiger partial charge in [-0.3, -0.25) is 0 Å². The molecule has 0 radical (unpaired) electrons. The normalized spacial score (nSPS) is 16.9. The highest BCUT2D eigenvalue weighted by Gasteiger charge is 2.12. The molecule has 0 aromatic heterocycles. The topological polar surface area (TPSA) is 3.24 Å². The molecule has 1 aliphatic rings. The van der Waals surface area contributed by atoms with E-state index in [1.165, 1.54) is 11.3 Å². The molecule has 1 nitrogen and oxygen atoms in total. The number of anilines is 1. The van der Waals surface area contributed by atoms with Crippen LogP contribution in [0.4, 0.5) is 5.69 Å². The highest BCUT2D eigenvalue weighted by Crippen LogP contribution is 2.25. The van der Waals surface area contributed by atoms with Crippen molar-refractivity contribution < 1.29 is 1.37 Å². The SMILES string of the molecule is [2H]c1ccc2c(c1)CCN2C. The van der Waals surface area contributed by atoms with Crippen molar-refractivity contribution in [2.45, 2.75) is 6.42 Å². The monoisotopic (exact) mass is 134 g/mol. The van der Waals surface area contributed by atoms with E-state index in [0.29, 0.717) is 6.04 Å². The summed E-state index contributed by atoms with van der Waals surface area (Å²) in [5.41, 5.74) is 2.61. The Hall–Kier alpha value is -0.980. The van der Waals surface area contributed by atoms with Crippen LogP contribution in [0.25, 0.3) is 0 Å². The first-order chi connectivity index (χ1) is 5.27. The van der Waals surface area contributed by atoms with E-state index in [2.05, 4.69) is 11.9 Å². The van der Waals surface area contributed by atoms with E-state index in [9.17, 15) is 0 Å². The molecule has 0 aliphatic carbocycles. The van der Waals surface area contributed by atoms with Crippen LogP contribution in [0.5, 0.6) is 0 Å². The van der Waals surface area contributed by atoms with Crippen LogP contribution in [0.3, 0.4) is 0 Å². The summed E-state index contributed by atoms with van der Waals surface area (Å²) in [6, 6.07) is 6.46. The van der Waals surface area contributed by atoms with Crippen molar-refractivity contribution in [3.05, 3.63) is 29.8 Å². The fraction of sp³-hybridized carbons (Fsp3) is 0.333. The fourth-order valence-corrected chi connectivity index (χ4v) is 1.44. The molecule has 1 aromatic rings. The summed E-state index contributed by atoms with van der Waals surface area (Å²) in [7, 11) is 2.09. The summed E-state index contributed by atoms with van der Waals surface area (Å²) in [6.07, 6.45) is 1.10. The molecule has 0 N–H and O–H groups in total. The number of para-hydroxylation sites is 1. The van der Waals surface area contributed by atoms with Crippen LogP contribution in [0, 0.1) is 0 Å². The number of likely N-dealkylation sites (N-methyl/N-ethyl adjacent to an activating group) is 1. The van der Waals surface area contributed by atoms with E-state index in [1.54, 1.807) is 0 Å². The van der Waals surface area contributed by atoms with Gasteiger partial charge < -0.3 is 4.90 Å². The minimum Gasteiger partial charge on any atom is -0.374 e. The highest BCUT2D eigenvalue weighted by atomic mass is 15.1. The first-order valence-corrected chi connectivity index (χ1v) is 3.58. The van der Waals surface area contributed by atoms with Gasteiger partial charge in [-0.1, -0.05) is 18.2 Å². The number of nitrogens with zero attached hydrogens (tertiary/aromatic N) is 1. The third-order valence-corrected chi connectivity index (χ3v) is 2.05. The maximum atomic E-state index is 7.41. The Balaban J connectivity index is 2.50. The lowest BCUT2D eigenvalue weighted by atomic mass is 10.2. The van der Waals surface area contributed by atoms with Gasteiger partial charge in [-0.2, -0.15) is 0 Å². The van der Waals surface area contributed by atoms with Crippen molar-refractivity contribution in [3.8, 4) is 0 Å². The molecule has 0 bridgehead atoms. The van der Waals surface area contributed by atoms with Crippen molar-refractivity contribution >= 4 is 5.69 Å². The smallest absolute Gasteiger partial charge is 0.0623 e. The molecule has 1 aromatic carbocycles. The van der Waals surface area contributed by atoms with E-state index in [4.69, 9.17) is 1.37 Å². The zero-order valence-electron chi connectivity index (χ0n) is 7.09. The van der Waals surface area contributed by atoms with Gasteiger partial charge in [0.1, 0.15) is 0 Å². The van der Waals surface area contributed by atoms with E-state index in [1.807, 2.05) is 18.2 Å². The molecule has 0 saturated carbocycles. The first kappa shape index (κ1) is 4.78. The molecule has 1 aliphatic heterocycles. The number of hydrogen-bond donors (Lipinski definition) is 0. The summed E-state index contributed by atoms with van der Waals surface area (Å²) in [4.78, 5) is 2.23. The Labute approximate surface area is 62.7 Å². The van der Waals surface area contributed by atoms with Gasteiger partial charge in [0.25, 0.3) is 0 Å². The van der Waals surface area contributed by atoms with E-state index in [-0.39, 0.29) is 0 Å². The zero-order chi connectivity index (χ0) is 7.84. The van der Waals surface area contributed by atoms with Crippen molar-refractivity contribution in [1.82, 2.24) is 0 Å². The van der Waals surface area contributed by atoms with E-state index >= 15 is 0 Å². The van der Waals surface area contributed by atoms with Gasteiger partial charge in [-0.15, -0.1) is 0 Å². The lowest BCUT2D eigenvalue weighted by Crippen LogP contribution is -2.12. The third kappa shape index (κ3) is 0.703. The summed E-state index contributed by atoms with van der Waals surface area (Å²) >= 11 is 0. The molecule has 1 heteroatoms. The van der Waals surface area contributed by atoms with Gasteiger partial charge in [-0.05, 0) is 18.1 Å². The summed E-state index contributed by atoms with van der Waals surface area (Å²) < 4.78 is 7.41. The minimum atomic E-state index is 0.624. The Morgan fingerprint density at radius 1 is 1.60 bits per heavy atom. The van der Waals surface area contributed by atoms with Gasteiger partial charge in [0.2, 0.25) is 0 Å². The largest absolute Gasteiger partial charge is 0.374 e. The quantitative estimate of drug-likeness (QED) is 0.521. The molecule has 52 valence electrons. The molecule has 0 fully saturated rings. The van der Waals surface area contributed by atoms with E-state index < -0.39 is 0 Å². The minimum absolute atomic E-state index is 0.624. The third-order valence-electron chi connectivity index (χ3n) is 2.05. The van der Waals surface area contributed by atoms with Gasteiger partial charge >= 0.3 is 0 Å². The Bertz CT molecular complexity index is 283. The molecule has 0 amide bonds. The fourth-order valence-electron chi connectivity index (χ4n) is 1.44. The predicted octanol–water partition coefficient (Wildman–Crippen LogP) is 1.68. The average Bonchev–Trinajstić information content (AvgIpc) is 2.32. The Kier molecular flexibility index (Phi) is 0.961. The van der Waals surface area contributed by atoms with Crippen LogP contribution in [0.2, 0.25) is 0 Å². The molecule has 1 heterocycles. The van der Waals surface area contributed by atoms with Crippen LogP contribution in [0.1, 0.15) is 6.93 Å². The predicted molar refractivity (Wildman–Crippen MR) is 43.4 cm³/mol. The van der Waals surface area contributed by atoms with Crippen molar-refractivity contribution in [3.63, 3.8) is 0 Å². The maximum absolute atomic E-state index is 7.41. The lowest BCUT2D eigenvalue weighted by molar-refractivity contribution is 0.956. The molecule has 10 heavy (non-hydrogen) atoms. The standard InChI is InChI=1S/C9H11N/c1-10-7-6-8-4-2-3-5-9(8)10/h2-5H,6-7H2,1H3/i2D. The van der Waals surface area contributed by atoms with Gasteiger partial charge in [-0.25, -0.2) is 0 Å². The first-order valence-electron chi connectivity index (χ1n) is 4.08. The van der Waals surface area contributed by atoms with Gasteiger partial charge in [0.05, 0.1) is 1.37 Å². The van der Waals surface area contributed by atoms with E-state index in [0.717, 1.165) is 13.0 Å². The number of rotatable bonds is 0. The molecule has 0 atom stereocenters. The number of fused-ring (bicyclic) bond motifs is 1.